The van der Waals surface area contributed by atoms with Crippen LogP contribution >= 0.6 is 11.6 Å². The molecule has 5 rings (SSSR count). The molecule has 0 aliphatic carbocycles. The number of halogens is 2. The molecule has 2 heterocycles. The fraction of sp³-hybridized carbons (Fsp3) is 0.419. The number of hydrogen-bond acceptors (Lipinski definition) is 5. The monoisotopic (exact) mass is 538 g/mol. The molecular weight excluding hydrogens is 503 g/mol. The van der Waals surface area contributed by atoms with Crippen molar-refractivity contribution in [2.24, 2.45) is 0 Å². The number of hydrogen-bond donors (Lipinski definition) is 0. The largest absolute Gasteiger partial charge is 0.491 e. The van der Waals surface area contributed by atoms with Crippen LogP contribution in [-0.4, -0.2) is 50.1 Å². The van der Waals surface area contributed by atoms with Crippen molar-refractivity contribution in [1.29, 1.82) is 0 Å². The third-order valence-electron chi connectivity index (χ3n) is 7.26. The fourth-order valence-electron chi connectivity index (χ4n) is 5.47. The van der Waals surface area contributed by atoms with E-state index in [1.54, 1.807) is 0 Å². The van der Waals surface area contributed by atoms with Crippen LogP contribution in [0.2, 0.25) is 5.02 Å². The van der Waals surface area contributed by atoms with Gasteiger partial charge in [-0.05, 0) is 61.6 Å². The number of nitrogens with zero attached hydrogens (tertiary/aromatic N) is 2. The summed E-state index contributed by atoms with van der Waals surface area (Å²) in [6, 6.07) is 23.4. The summed E-state index contributed by atoms with van der Waals surface area (Å²) in [7, 11) is 0. The summed E-state index contributed by atoms with van der Waals surface area (Å²) in [5.41, 5.74) is 3.30. The first-order valence-electron chi connectivity index (χ1n) is 13.5. The second-order valence-electron chi connectivity index (χ2n) is 10.1. The number of ether oxygens (including phenoxy) is 3. The van der Waals surface area contributed by atoms with Crippen LogP contribution in [0.5, 0.6) is 5.75 Å². The predicted octanol–water partition coefficient (Wildman–Crippen LogP) is 6.85. The summed E-state index contributed by atoms with van der Waals surface area (Å²) in [5, 5.41) is 0.634. The Bertz CT molecular complexity index is 1160. The molecule has 2 aliphatic rings. The number of benzene rings is 3. The first-order valence-corrected chi connectivity index (χ1v) is 13.9. The molecule has 0 saturated carbocycles. The molecule has 0 amide bonds. The minimum absolute atomic E-state index is 0.0243. The van der Waals surface area contributed by atoms with E-state index in [1.807, 2.05) is 36.4 Å². The molecule has 5 nitrogen and oxygen atoms in total. The van der Waals surface area contributed by atoms with Gasteiger partial charge < -0.3 is 19.1 Å². The molecule has 2 aliphatic heterocycles. The highest BCUT2D eigenvalue weighted by Crippen LogP contribution is 2.39. The molecule has 0 radical (unpaired) electrons. The van der Waals surface area contributed by atoms with Crippen LogP contribution in [0.4, 0.5) is 10.1 Å². The molecule has 202 valence electrons. The lowest BCUT2D eigenvalue weighted by Crippen LogP contribution is -2.53. The summed E-state index contributed by atoms with van der Waals surface area (Å²) in [6.45, 7) is 6.45. The Morgan fingerprint density at radius 3 is 2.53 bits per heavy atom. The quantitative estimate of drug-likeness (QED) is 0.278. The van der Waals surface area contributed by atoms with Gasteiger partial charge >= 0.3 is 0 Å². The van der Waals surface area contributed by atoms with Crippen molar-refractivity contribution in [3.63, 3.8) is 0 Å². The number of rotatable bonds is 9. The number of anilines is 1. The maximum atomic E-state index is 13.8. The second kappa shape index (κ2) is 12.9. The molecule has 3 aromatic carbocycles. The van der Waals surface area contributed by atoms with Crippen LogP contribution in [-0.2, 0) is 16.0 Å². The van der Waals surface area contributed by atoms with Gasteiger partial charge in [-0.1, -0.05) is 54.1 Å². The molecule has 7 heteroatoms. The third kappa shape index (κ3) is 6.86. The Labute approximate surface area is 230 Å². The van der Waals surface area contributed by atoms with E-state index in [0.29, 0.717) is 24.0 Å². The van der Waals surface area contributed by atoms with Crippen LogP contribution < -0.4 is 9.64 Å². The maximum Gasteiger partial charge on any atom is 0.157 e. The molecular formula is C31H36ClFN2O3. The highest BCUT2D eigenvalue weighted by molar-refractivity contribution is 6.33. The van der Waals surface area contributed by atoms with Gasteiger partial charge in [-0.15, -0.1) is 0 Å². The van der Waals surface area contributed by atoms with E-state index in [0.717, 1.165) is 56.8 Å². The minimum atomic E-state index is -0.233. The van der Waals surface area contributed by atoms with Crippen LogP contribution in [0, 0.1) is 5.82 Å². The standard InChI is InChI=1S/C31H36ClFN2O3/c1-23-20-34(21-24-7-3-2-4-8-24)22-30(25-10-12-26(33)13-11-25)35(23)29-15-14-27(19-28(29)32)36-17-18-38-31-9-5-6-16-37-31/h2-4,7-8,10-15,19,23,30-31H,5-6,9,16-18,20-22H2,1H3/t23-,30+,31?/m1/s1. The van der Waals surface area contributed by atoms with Crippen LogP contribution in [0.25, 0.3) is 0 Å². The van der Waals surface area contributed by atoms with E-state index in [-0.39, 0.29) is 24.2 Å². The third-order valence-corrected chi connectivity index (χ3v) is 7.56. The SMILES string of the molecule is C[C@@H]1CN(Cc2ccccc2)C[C@@H](c2ccc(F)cc2)N1c1ccc(OCCOC2CCCCO2)cc1Cl. The highest BCUT2D eigenvalue weighted by atomic mass is 35.5. The van der Waals surface area contributed by atoms with Gasteiger partial charge in [0, 0.05) is 38.3 Å². The Morgan fingerprint density at radius 1 is 0.974 bits per heavy atom. The van der Waals surface area contributed by atoms with Gasteiger partial charge in [0.15, 0.2) is 6.29 Å². The Morgan fingerprint density at radius 2 is 1.79 bits per heavy atom. The zero-order valence-electron chi connectivity index (χ0n) is 21.9. The Hall–Kier alpha value is -2.64. The fourth-order valence-corrected chi connectivity index (χ4v) is 5.74. The van der Waals surface area contributed by atoms with Crippen molar-refractivity contribution in [1.82, 2.24) is 4.90 Å². The van der Waals surface area contributed by atoms with Crippen molar-refractivity contribution in [3.05, 3.63) is 94.8 Å². The Balaban J connectivity index is 1.29. The number of piperazine rings is 1. The van der Waals surface area contributed by atoms with Crippen molar-refractivity contribution in [2.75, 3.05) is 37.8 Å². The topological polar surface area (TPSA) is 34.2 Å². The van der Waals surface area contributed by atoms with Crippen molar-refractivity contribution in [3.8, 4) is 5.75 Å². The predicted molar refractivity (Wildman–Crippen MR) is 149 cm³/mol. The van der Waals surface area contributed by atoms with Crippen LogP contribution in [0.15, 0.2) is 72.8 Å². The summed E-state index contributed by atoms with van der Waals surface area (Å²) in [5.74, 6) is 0.476. The first kappa shape index (κ1) is 26.9. The smallest absolute Gasteiger partial charge is 0.157 e. The zero-order chi connectivity index (χ0) is 26.3. The summed E-state index contributed by atoms with van der Waals surface area (Å²) < 4.78 is 31.1. The lowest BCUT2D eigenvalue weighted by Gasteiger charge is -2.47. The zero-order valence-corrected chi connectivity index (χ0v) is 22.7. The van der Waals surface area contributed by atoms with Crippen LogP contribution in [0.3, 0.4) is 0 Å². The molecule has 2 fully saturated rings. The molecule has 0 aromatic heterocycles. The van der Waals surface area contributed by atoms with Crippen LogP contribution in [0.1, 0.15) is 43.4 Å². The Kier molecular flexibility index (Phi) is 9.18. The molecule has 2 saturated heterocycles. The van der Waals surface area contributed by atoms with E-state index in [2.05, 4.69) is 41.0 Å². The van der Waals surface area contributed by atoms with E-state index in [1.165, 1.54) is 17.7 Å². The molecule has 1 unspecified atom stereocenters. The average Bonchev–Trinajstić information content (AvgIpc) is 2.93. The highest BCUT2D eigenvalue weighted by Gasteiger charge is 2.34. The molecule has 0 bridgehead atoms. The first-order chi connectivity index (χ1) is 18.6. The van der Waals surface area contributed by atoms with Gasteiger partial charge in [-0.3, -0.25) is 4.90 Å². The van der Waals surface area contributed by atoms with E-state index in [4.69, 9.17) is 25.8 Å². The molecule has 0 spiro atoms. The van der Waals surface area contributed by atoms with Gasteiger partial charge in [-0.25, -0.2) is 4.39 Å². The molecule has 0 N–H and O–H groups in total. The minimum Gasteiger partial charge on any atom is -0.491 e. The van der Waals surface area contributed by atoms with Gasteiger partial charge in [0.25, 0.3) is 0 Å². The van der Waals surface area contributed by atoms with Gasteiger partial charge in [0.2, 0.25) is 0 Å². The van der Waals surface area contributed by atoms with Gasteiger partial charge in [-0.2, -0.15) is 0 Å². The maximum absolute atomic E-state index is 13.8. The van der Waals surface area contributed by atoms with E-state index < -0.39 is 0 Å². The van der Waals surface area contributed by atoms with Crippen molar-refractivity contribution >= 4 is 17.3 Å². The normalized spacial score (nSPS) is 22.4. The summed E-state index contributed by atoms with van der Waals surface area (Å²) in [6.07, 6.45) is 3.06. The molecule has 3 atom stereocenters. The van der Waals surface area contributed by atoms with Crippen molar-refractivity contribution in [2.45, 2.75) is 51.1 Å². The van der Waals surface area contributed by atoms with Crippen molar-refractivity contribution < 1.29 is 18.6 Å². The van der Waals surface area contributed by atoms with E-state index >= 15 is 0 Å². The lowest BCUT2D eigenvalue weighted by molar-refractivity contribution is -0.165. The van der Waals surface area contributed by atoms with Gasteiger partial charge in [0.1, 0.15) is 18.2 Å². The molecule has 3 aromatic rings. The molecule has 38 heavy (non-hydrogen) atoms. The lowest BCUT2D eigenvalue weighted by atomic mass is 9.97. The second-order valence-corrected chi connectivity index (χ2v) is 10.5. The summed E-state index contributed by atoms with van der Waals surface area (Å²) in [4.78, 5) is 4.83. The average molecular weight is 539 g/mol. The van der Waals surface area contributed by atoms with Gasteiger partial charge in [0.05, 0.1) is 23.4 Å². The summed E-state index contributed by atoms with van der Waals surface area (Å²) >= 11 is 6.86. The van der Waals surface area contributed by atoms with E-state index in [9.17, 15) is 4.39 Å².